The van der Waals surface area contributed by atoms with Gasteiger partial charge in [-0.25, -0.2) is 4.39 Å². The number of likely N-dealkylation sites (N-methyl/N-ethyl adjacent to an activating group) is 1. The fourth-order valence-corrected chi connectivity index (χ4v) is 1.97. The minimum absolute atomic E-state index is 0.294. The Labute approximate surface area is 108 Å². The van der Waals surface area contributed by atoms with Crippen LogP contribution in [0.1, 0.15) is 25.3 Å². The SMILES string of the molecule is C=C(CC)CC(Cc1ccc(F)cc1Cl)NC. The molecule has 0 saturated carbocycles. The van der Waals surface area contributed by atoms with Crippen molar-refractivity contribution in [1.82, 2.24) is 5.32 Å². The average molecular weight is 256 g/mol. The predicted molar refractivity (Wildman–Crippen MR) is 72.0 cm³/mol. The number of rotatable bonds is 6. The van der Waals surface area contributed by atoms with Crippen LogP contribution in [0.5, 0.6) is 0 Å². The van der Waals surface area contributed by atoms with E-state index in [1.807, 2.05) is 7.05 Å². The molecule has 1 unspecified atom stereocenters. The van der Waals surface area contributed by atoms with E-state index in [4.69, 9.17) is 11.6 Å². The highest BCUT2D eigenvalue weighted by Gasteiger charge is 2.11. The monoisotopic (exact) mass is 255 g/mol. The molecule has 1 rings (SSSR count). The van der Waals surface area contributed by atoms with E-state index in [1.54, 1.807) is 6.07 Å². The summed E-state index contributed by atoms with van der Waals surface area (Å²) in [6.45, 7) is 6.10. The summed E-state index contributed by atoms with van der Waals surface area (Å²) in [5, 5.41) is 3.74. The maximum Gasteiger partial charge on any atom is 0.124 e. The minimum Gasteiger partial charge on any atom is -0.316 e. The largest absolute Gasteiger partial charge is 0.316 e. The lowest BCUT2D eigenvalue weighted by atomic mass is 9.98. The van der Waals surface area contributed by atoms with Gasteiger partial charge >= 0.3 is 0 Å². The van der Waals surface area contributed by atoms with Gasteiger partial charge in [0, 0.05) is 11.1 Å². The van der Waals surface area contributed by atoms with E-state index in [1.165, 1.54) is 17.7 Å². The molecule has 1 nitrogen and oxygen atoms in total. The van der Waals surface area contributed by atoms with Crippen LogP contribution in [-0.2, 0) is 6.42 Å². The van der Waals surface area contributed by atoms with E-state index in [9.17, 15) is 4.39 Å². The second kappa shape index (κ2) is 6.77. The van der Waals surface area contributed by atoms with E-state index in [0.29, 0.717) is 11.1 Å². The molecule has 0 bridgehead atoms. The van der Waals surface area contributed by atoms with Crippen LogP contribution in [0.15, 0.2) is 30.4 Å². The zero-order chi connectivity index (χ0) is 12.8. The zero-order valence-electron chi connectivity index (χ0n) is 10.4. The molecular formula is C14H19ClFN. The molecule has 1 atom stereocenters. The third-order valence-electron chi connectivity index (χ3n) is 2.92. The third-order valence-corrected chi connectivity index (χ3v) is 3.28. The first-order valence-electron chi connectivity index (χ1n) is 5.84. The minimum atomic E-state index is -0.294. The summed E-state index contributed by atoms with van der Waals surface area (Å²) in [5.41, 5.74) is 2.18. The first kappa shape index (κ1) is 14.2. The molecule has 0 amide bonds. The van der Waals surface area contributed by atoms with Gasteiger partial charge in [-0.3, -0.25) is 0 Å². The van der Waals surface area contributed by atoms with Gasteiger partial charge in [-0.2, -0.15) is 0 Å². The number of halogens is 2. The maximum atomic E-state index is 12.9. The van der Waals surface area contributed by atoms with Gasteiger partial charge in [0.2, 0.25) is 0 Å². The van der Waals surface area contributed by atoms with Crippen molar-refractivity contribution in [3.8, 4) is 0 Å². The number of hydrogen-bond acceptors (Lipinski definition) is 1. The van der Waals surface area contributed by atoms with Crippen LogP contribution in [0.25, 0.3) is 0 Å². The standard InChI is InChI=1S/C14H19ClFN/c1-4-10(2)7-13(17-3)8-11-5-6-12(16)9-14(11)15/h5-6,9,13,17H,2,4,7-8H2,1,3H3. The molecule has 94 valence electrons. The quantitative estimate of drug-likeness (QED) is 0.759. The van der Waals surface area contributed by atoms with Crippen LogP contribution >= 0.6 is 11.6 Å². The Kier molecular flexibility index (Phi) is 5.66. The smallest absolute Gasteiger partial charge is 0.124 e. The van der Waals surface area contributed by atoms with Gasteiger partial charge in [-0.1, -0.05) is 36.7 Å². The molecule has 0 fully saturated rings. The lowest BCUT2D eigenvalue weighted by molar-refractivity contribution is 0.548. The lowest BCUT2D eigenvalue weighted by Crippen LogP contribution is -2.28. The lowest BCUT2D eigenvalue weighted by Gasteiger charge is -2.17. The van der Waals surface area contributed by atoms with Gasteiger partial charge in [-0.15, -0.1) is 0 Å². The number of benzene rings is 1. The van der Waals surface area contributed by atoms with Crippen molar-refractivity contribution in [3.05, 3.63) is 46.8 Å². The fraction of sp³-hybridized carbons (Fsp3) is 0.429. The Hall–Kier alpha value is -0.860. The van der Waals surface area contributed by atoms with Crippen molar-refractivity contribution >= 4 is 11.6 Å². The molecule has 0 aromatic heterocycles. The predicted octanol–water partition coefficient (Wildman–Crippen LogP) is 3.97. The summed E-state index contributed by atoms with van der Waals surface area (Å²) in [6, 6.07) is 4.85. The van der Waals surface area contributed by atoms with Crippen LogP contribution in [0, 0.1) is 5.82 Å². The molecule has 0 aliphatic rings. The molecule has 0 radical (unpaired) electrons. The van der Waals surface area contributed by atoms with Crippen molar-refractivity contribution in [2.45, 2.75) is 32.2 Å². The first-order chi connectivity index (χ1) is 8.06. The number of nitrogens with one attached hydrogen (secondary N) is 1. The zero-order valence-corrected chi connectivity index (χ0v) is 11.1. The van der Waals surface area contributed by atoms with Crippen LogP contribution in [0.4, 0.5) is 4.39 Å². The summed E-state index contributed by atoms with van der Waals surface area (Å²) in [6.07, 6.45) is 2.69. The second-order valence-electron chi connectivity index (χ2n) is 4.23. The Morgan fingerprint density at radius 1 is 1.53 bits per heavy atom. The Morgan fingerprint density at radius 3 is 2.76 bits per heavy atom. The van der Waals surface area contributed by atoms with Crippen molar-refractivity contribution in [2.75, 3.05) is 7.05 Å². The molecule has 1 aromatic carbocycles. The van der Waals surface area contributed by atoms with Gasteiger partial charge in [0.25, 0.3) is 0 Å². The van der Waals surface area contributed by atoms with Gasteiger partial charge in [0.1, 0.15) is 5.82 Å². The molecule has 17 heavy (non-hydrogen) atoms. The second-order valence-corrected chi connectivity index (χ2v) is 4.64. The summed E-state index contributed by atoms with van der Waals surface area (Å²) >= 11 is 6.01. The van der Waals surface area contributed by atoms with E-state index >= 15 is 0 Å². The Balaban J connectivity index is 2.70. The van der Waals surface area contributed by atoms with Crippen molar-refractivity contribution in [3.63, 3.8) is 0 Å². The molecule has 0 aliphatic heterocycles. The van der Waals surface area contributed by atoms with Crippen LogP contribution in [0.2, 0.25) is 5.02 Å². The van der Waals surface area contributed by atoms with Crippen LogP contribution in [-0.4, -0.2) is 13.1 Å². The highest BCUT2D eigenvalue weighted by molar-refractivity contribution is 6.31. The van der Waals surface area contributed by atoms with Crippen molar-refractivity contribution < 1.29 is 4.39 Å². The summed E-state index contributed by atoms with van der Waals surface area (Å²) < 4.78 is 12.9. The fourth-order valence-electron chi connectivity index (χ4n) is 1.72. The summed E-state index contributed by atoms with van der Waals surface area (Å²) in [4.78, 5) is 0. The van der Waals surface area contributed by atoms with Gasteiger partial charge in [0.15, 0.2) is 0 Å². The van der Waals surface area contributed by atoms with Crippen LogP contribution < -0.4 is 5.32 Å². The molecule has 1 aromatic rings. The van der Waals surface area contributed by atoms with Gasteiger partial charge in [0.05, 0.1) is 0 Å². The summed E-state index contributed by atoms with van der Waals surface area (Å²) in [5.74, 6) is -0.294. The number of hydrogen-bond donors (Lipinski definition) is 1. The molecule has 3 heteroatoms. The highest BCUT2D eigenvalue weighted by Crippen LogP contribution is 2.20. The van der Waals surface area contributed by atoms with Crippen molar-refractivity contribution in [2.24, 2.45) is 0 Å². The van der Waals surface area contributed by atoms with E-state index in [2.05, 4.69) is 18.8 Å². The molecule has 0 heterocycles. The topological polar surface area (TPSA) is 12.0 Å². The first-order valence-corrected chi connectivity index (χ1v) is 6.22. The van der Waals surface area contributed by atoms with E-state index < -0.39 is 0 Å². The van der Waals surface area contributed by atoms with Crippen molar-refractivity contribution in [1.29, 1.82) is 0 Å². The maximum absolute atomic E-state index is 12.9. The normalized spacial score (nSPS) is 12.5. The molecule has 0 saturated heterocycles. The van der Waals surface area contributed by atoms with Gasteiger partial charge < -0.3 is 5.32 Å². The van der Waals surface area contributed by atoms with E-state index in [0.717, 1.165) is 24.8 Å². The molecule has 0 spiro atoms. The van der Waals surface area contributed by atoms with Gasteiger partial charge in [-0.05, 0) is 44.0 Å². The van der Waals surface area contributed by atoms with E-state index in [-0.39, 0.29) is 5.82 Å². The average Bonchev–Trinajstić information content (AvgIpc) is 2.31. The Bertz CT molecular complexity index is 390. The third kappa shape index (κ3) is 4.49. The Morgan fingerprint density at radius 2 is 2.24 bits per heavy atom. The summed E-state index contributed by atoms with van der Waals surface area (Å²) in [7, 11) is 1.92. The van der Waals surface area contributed by atoms with Crippen LogP contribution in [0.3, 0.4) is 0 Å². The molecule has 0 aliphatic carbocycles. The molecular weight excluding hydrogens is 237 g/mol. The highest BCUT2D eigenvalue weighted by atomic mass is 35.5. The molecule has 1 N–H and O–H groups in total.